The molecule has 0 saturated carbocycles. The van der Waals surface area contributed by atoms with Gasteiger partial charge in [0.05, 0.1) is 7.11 Å². The van der Waals surface area contributed by atoms with Crippen molar-refractivity contribution in [2.45, 2.75) is 20.4 Å². The van der Waals surface area contributed by atoms with E-state index in [2.05, 4.69) is 6.08 Å². The summed E-state index contributed by atoms with van der Waals surface area (Å²) < 4.78 is 5.15. The van der Waals surface area contributed by atoms with Gasteiger partial charge < -0.3 is 9.64 Å². The maximum Gasteiger partial charge on any atom is 0.254 e. The largest absolute Gasteiger partial charge is 0.497 e. The number of nitrogens with zero attached hydrogens (tertiary/aromatic N) is 1. The number of hydrogen-bond donors (Lipinski definition) is 0. The second-order valence-electron chi connectivity index (χ2n) is 5.68. The van der Waals surface area contributed by atoms with Gasteiger partial charge in [0, 0.05) is 18.7 Å². The molecule has 0 heterocycles. The minimum Gasteiger partial charge on any atom is -0.497 e. The Morgan fingerprint density at radius 3 is 2.26 bits per heavy atom. The fourth-order valence-electron chi connectivity index (χ4n) is 2.23. The summed E-state index contributed by atoms with van der Waals surface area (Å²) in [5, 5.41) is 0. The van der Waals surface area contributed by atoms with Gasteiger partial charge in [-0.3, -0.25) is 4.79 Å². The average molecular weight is 309 g/mol. The summed E-state index contributed by atoms with van der Waals surface area (Å²) in [4.78, 5) is 14.7. The average Bonchev–Trinajstić information content (AvgIpc) is 2.59. The van der Waals surface area contributed by atoms with Gasteiger partial charge in [-0.1, -0.05) is 42.0 Å². The Balaban J connectivity index is 2.20. The van der Waals surface area contributed by atoms with Gasteiger partial charge in [0.2, 0.25) is 0 Å². The molecule has 1 amide bonds. The Bertz CT molecular complexity index is 656. The molecule has 0 aliphatic rings. The summed E-state index contributed by atoms with van der Waals surface area (Å²) in [5.74, 6) is 0.773. The first-order chi connectivity index (χ1) is 11.1. The third kappa shape index (κ3) is 4.99. The van der Waals surface area contributed by atoms with Gasteiger partial charge in [0.25, 0.3) is 5.91 Å². The Hall–Kier alpha value is -2.55. The van der Waals surface area contributed by atoms with Crippen LogP contribution in [0.1, 0.15) is 29.8 Å². The van der Waals surface area contributed by atoms with Crippen LogP contribution >= 0.6 is 0 Å². The lowest BCUT2D eigenvalue weighted by Gasteiger charge is -2.22. The predicted octanol–water partition coefficient (Wildman–Crippen LogP) is 4.30. The number of benzene rings is 2. The molecular weight excluding hydrogens is 286 g/mol. The third-order valence-corrected chi connectivity index (χ3v) is 3.56. The van der Waals surface area contributed by atoms with E-state index in [0.29, 0.717) is 18.7 Å². The zero-order valence-electron chi connectivity index (χ0n) is 14.0. The van der Waals surface area contributed by atoms with E-state index in [9.17, 15) is 4.79 Å². The normalized spacial score (nSPS) is 10.0. The van der Waals surface area contributed by atoms with Crippen LogP contribution in [-0.4, -0.2) is 24.5 Å². The van der Waals surface area contributed by atoms with Gasteiger partial charge in [0.15, 0.2) is 0 Å². The minimum absolute atomic E-state index is 0.0222. The molecule has 2 rings (SSSR count). The number of carbonyl (C=O) groups is 1. The summed E-state index contributed by atoms with van der Waals surface area (Å²) in [6, 6.07) is 17.3. The maximum absolute atomic E-state index is 12.8. The minimum atomic E-state index is 0.0222. The van der Waals surface area contributed by atoms with Crippen LogP contribution in [0.3, 0.4) is 0 Å². The van der Waals surface area contributed by atoms with Crippen molar-refractivity contribution in [1.82, 2.24) is 4.90 Å². The fraction of sp³-hybridized carbons (Fsp3) is 0.250. The van der Waals surface area contributed by atoms with Gasteiger partial charge in [-0.05, 0) is 43.7 Å². The van der Waals surface area contributed by atoms with Crippen LogP contribution < -0.4 is 4.74 Å². The standard InChI is InChI=1S/C20H23NO2/c1-16(2)13-14-21(15-17-7-5-4-6-8-17)20(22)18-9-11-19(23-3)12-10-18/h4-13H,14-15H2,1-3H3. The summed E-state index contributed by atoms with van der Waals surface area (Å²) in [6.07, 6.45) is 2.07. The Kier molecular flexibility index (Phi) is 5.98. The van der Waals surface area contributed by atoms with Crippen molar-refractivity contribution in [2.24, 2.45) is 0 Å². The van der Waals surface area contributed by atoms with E-state index in [1.165, 1.54) is 5.57 Å². The number of rotatable bonds is 6. The third-order valence-electron chi connectivity index (χ3n) is 3.56. The Labute approximate surface area is 138 Å². The summed E-state index contributed by atoms with van der Waals surface area (Å²) in [5.41, 5.74) is 2.99. The first kappa shape index (κ1) is 16.8. The van der Waals surface area contributed by atoms with Gasteiger partial charge in [0.1, 0.15) is 5.75 Å². The molecule has 120 valence electrons. The van der Waals surface area contributed by atoms with Gasteiger partial charge >= 0.3 is 0 Å². The molecule has 3 heteroatoms. The van der Waals surface area contributed by atoms with Crippen LogP contribution in [-0.2, 0) is 6.54 Å². The number of allylic oxidation sites excluding steroid dienone is 1. The highest BCUT2D eigenvalue weighted by Crippen LogP contribution is 2.15. The highest BCUT2D eigenvalue weighted by molar-refractivity contribution is 5.94. The van der Waals surface area contributed by atoms with Crippen molar-refractivity contribution < 1.29 is 9.53 Å². The quantitative estimate of drug-likeness (QED) is 0.744. The van der Waals surface area contributed by atoms with E-state index in [4.69, 9.17) is 4.74 Å². The number of amides is 1. The van der Waals surface area contributed by atoms with Gasteiger partial charge in [-0.15, -0.1) is 0 Å². The molecule has 3 nitrogen and oxygen atoms in total. The lowest BCUT2D eigenvalue weighted by molar-refractivity contribution is 0.0762. The molecule has 0 aromatic heterocycles. The van der Waals surface area contributed by atoms with Crippen molar-refractivity contribution >= 4 is 5.91 Å². The van der Waals surface area contributed by atoms with Crippen LogP contribution in [0.15, 0.2) is 66.2 Å². The van der Waals surface area contributed by atoms with Crippen molar-refractivity contribution in [2.75, 3.05) is 13.7 Å². The van der Waals surface area contributed by atoms with Crippen LogP contribution in [0.25, 0.3) is 0 Å². The number of methoxy groups -OCH3 is 1. The van der Waals surface area contributed by atoms with Crippen molar-refractivity contribution in [3.63, 3.8) is 0 Å². The molecule has 0 unspecified atom stereocenters. The monoisotopic (exact) mass is 309 g/mol. The van der Waals surface area contributed by atoms with Crippen LogP contribution in [0.2, 0.25) is 0 Å². The van der Waals surface area contributed by atoms with Crippen LogP contribution in [0, 0.1) is 0 Å². The summed E-state index contributed by atoms with van der Waals surface area (Å²) in [7, 11) is 1.62. The molecule has 0 fully saturated rings. The molecular formula is C20H23NO2. The number of hydrogen-bond acceptors (Lipinski definition) is 2. The molecule has 2 aromatic rings. The van der Waals surface area contributed by atoms with Crippen molar-refractivity contribution in [3.8, 4) is 5.75 Å². The molecule has 0 aliphatic heterocycles. The lowest BCUT2D eigenvalue weighted by Crippen LogP contribution is -2.30. The predicted molar refractivity (Wildman–Crippen MR) is 93.6 cm³/mol. The van der Waals surface area contributed by atoms with E-state index in [-0.39, 0.29) is 5.91 Å². The molecule has 0 N–H and O–H groups in total. The first-order valence-corrected chi connectivity index (χ1v) is 7.71. The van der Waals surface area contributed by atoms with Crippen LogP contribution in [0.4, 0.5) is 0 Å². The van der Waals surface area contributed by atoms with Gasteiger partial charge in [-0.25, -0.2) is 0 Å². The van der Waals surface area contributed by atoms with Gasteiger partial charge in [-0.2, -0.15) is 0 Å². The lowest BCUT2D eigenvalue weighted by atomic mass is 10.1. The SMILES string of the molecule is COc1ccc(C(=O)N(CC=C(C)C)Cc2ccccc2)cc1. The molecule has 0 aliphatic carbocycles. The van der Waals surface area contributed by atoms with E-state index in [1.54, 1.807) is 7.11 Å². The fourth-order valence-corrected chi connectivity index (χ4v) is 2.23. The Morgan fingerprint density at radius 2 is 1.70 bits per heavy atom. The number of carbonyl (C=O) groups excluding carboxylic acids is 1. The highest BCUT2D eigenvalue weighted by atomic mass is 16.5. The van der Waals surface area contributed by atoms with E-state index in [1.807, 2.05) is 73.3 Å². The maximum atomic E-state index is 12.8. The second kappa shape index (κ2) is 8.18. The van der Waals surface area contributed by atoms with E-state index >= 15 is 0 Å². The molecule has 0 bridgehead atoms. The number of ether oxygens (including phenoxy) is 1. The first-order valence-electron chi connectivity index (χ1n) is 7.71. The van der Waals surface area contributed by atoms with Crippen molar-refractivity contribution in [3.05, 3.63) is 77.4 Å². The zero-order valence-corrected chi connectivity index (χ0v) is 14.0. The summed E-state index contributed by atoms with van der Waals surface area (Å²) in [6.45, 7) is 5.27. The molecule has 0 saturated heterocycles. The highest BCUT2D eigenvalue weighted by Gasteiger charge is 2.15. The van der Waals surface area contributed by atoms with Crippen molar-refractivity contribution in [1.29, 1.82) is 0 Å². The molecule has 0 spiro atoms. The summed E-state index contributed by atoms with van der Waals surface area (Å²) >= 11 is 0. The molecule has 23 heavy (non-hydrogen) atoms. The smallest absolute Gasteiger partial charge is 0.254 e. The van der Waals surface area contributed by atoms with E-state index in [0.717, 1.165) is 11.3 Å². The molecule has 2 aromatic carbocycles. The topological polar surface area (TPSA) is 29.5 Å². The van der Waals surface area contributed by atoms with Crippen LogP contribution in [0.5, 0.6) is 5.75 Å². The molecule has 0 radical (unpaired) electrons. The second-order valence-corrected chi connectivity index (χ2v) is 5.68. The Morgan fingerprint density at radius 1 is 1.04 bits per heavy atom. The van der Waals surface area contributed by atoms with E-state index < -0.39 is 0 Å². The zero-order chi connectivity index (χ0) is 16.7. The molecule has 0 atom stereocenters.